The highest BCUT2D eigenvalue weighted by Gasteiger charge is 2.41. The Hall–Kier alpha value is -1.79. The molecule has 4 rings (SSSR count). The summed E-state index contributed by atoms with van der Waals surface area (Å²) in [5.74, 6) is 1.79. The van der Waals surface area contributed by atoms with Gasteiger partial charge in [-0.1, -0.05) is 18.6 Å². The minimum absolute atomic E-state index is 0.334. The molecule has 0 spiro atoms. The monoisotopic (exact) mass is 386 g/mol. The second kappa shape index (κ2) is 9.14. The molecule has 0 saturated carbocycles. The van der Waals surface area contributed by atoms with Crippen LogP contribution in [0.25, 0.3) is 0 Å². The number of aliphatic imine (C=N–C) groups is 1. The van der Waals surface area contributed by atoms with E-state index in [1.165, 1.54) is 37.7 Å². The third-order valence-electron chi connectivity index (χ3n) is 6.45. The lowest BCUT2D eigenvalue weighted by molar-refractivity contribution is 0.0992. The van der Waals surface area contributed by atoms with Crippen LogP contribution in [0.1, 0.15) is 50.1 Å². The fourth-order valence-corrected chi connectivity index (χ4v) is 4.87. The molecular weight excluding hydrogens is 352 g/mol. The summed E-state index contributed by atoms with van der Waals surface area (Å²) in [5.41, 5.74) is 1.33. The van der Waals surface area contributed by atoms with E-state index in [9.17, 15) is 0 Å². The predicted molar refractivity (Wildman–Crippen MR) is 112 cm³/mol. The van der Waals surface area contributed by atoms with Crippen LogP contribution in [0.4, 0.5) is 0 Å². The van der Waals surface area contributed by atoms with Gasteiger partial charge in [0.25, 0.3) is 0 Å². The number of methoxy groups -OCH3 is 1. The maximum atomic E-state index is 5.98. The zero-order valence-corrected chi connectivity index (χ0v) is 17.2. The van der Waals surface area contributed by atoms with Crippen molar-refractivity contribution in [2.24, 2.45) is 4.99 Å². The van der Waals surface area contributed by atoms with Crippen molar-refractivity contribution in [1.29, 1.82) is 0 Å². The molecule has 1 aromatic carbocycles. The van der Waals surface area contributed by atoms with E-state index in [1.807, 2.05) is 7.05 Å². The Bertz CT molecular complexity index is 657. The zero-order valence-electron chi connectivity index (χ0n) is 17.2. The summed E-state index contributed by atoms with van der Waals surface area (Å²) in [6.07, 6.45) is 8.17. The van der Waals surface area contributed by atoms with Crippen molar-refractivity contribution in [2.75, 3.05) is 33.8 Å². The van der Waals surface area contributed by atoms with Crippen LogP contribution in [0.2, 0.25) is 0 Å². The van der Waals surface area contributed by atoms with Crippen molar-refractivity contribution in [2.45, 2.75) is 62.8 Å². The molecule has 3 saturated heterocycles. The Labute approximate surface area is 168 Å². The second-order valence-corrected chi connectivity index (χ2v) is 8.20. The number of nitrogens with one attached hydrogen (secondary N) is 2. The van der Waals surface area contributed by atoms with E-state index in [4.69, 9.17) is 9.47 Å². The number of fused-ring (bicyclic) bond motifs is 2. The van der Waals surface area contributed by atoms with Crippen LogP contribution in [0.5, 0.6) is 5.75 Å². The van der Waals surface area contributed by atoms with Gasteiger partial charge in [0, 0.05) is 13.6 Å². The smallest absolute Gasteiger partial charge is 0.191 e. The highest BCUT2D eigenvalue weighted by atomic mass is 16.5. The van der Waals surface area contributed by atoms with Gasteiger partial charge in [0.1, 0.15) is 5.75 Å². The van der Waals surface area contributed by atoms with Crippen LogP contribution >= 0.6 is 0 Å². The van der Waals surface area contributed by atoms with Gasteiger partial charge in [-0.2, -0.15) is 0 Å². The summed E-state index contributed by atoms with van der Waals surface area (Å²) >= 11 is 0. The minimum atomic E-state index is 0.334. The SMILES string of the molecule is CN=C(NCC(c1ccc(OC)cc1)N1CCCCC1)NC1CC2CCC1O2. The summed E-state index contributed by atoms with van der Waals surface area (Å²) in [6, 6.07) is 9.23. The van der Waals surface area contributed by atoms with Crippen LogP contribution in [0.15, 0.2) is 29.3 Å². The number of ether oxygens (including phenoxy) is 2. The first-order valence-corrected chi connectivity index (χ1v) is 10.8. The fraction of sp³-hybridized carbons (Fsp3) is 0.682. The Kier molecular flexibility index (Phi) is 6.37. The van der Waals surface area contributed by atoms with E-state index < -0.39 is 0 Å². The van der Waals surface area contributed by atoms with Crippen molar-refractivity contribution in [3.63, 3.8) is 0 Å². The van der Waals surface area contributed by atoms with Gasteiger partial charge in [-0.25, -0.2) is 0 Å². The highest BCUT2D eigenvalue weighted by molar-refractivity contribution is 5.80. The summed E-state index contributed by atoms with van der Waals surface area (Å²) in [5, 5.41) is 7.19. The Balaban J connectivity index is 1.40. The molecule has 3 aliphatic heterocycles. The Morgan fingerprint density at radius 2 is 2.00 bits per heavy atom. The van der Waals surface area contributed by atoms with E-state index >= 15 is 0 Å². The number of guanidine groups is 1. The Morgan fingerprint density at radius 1 is 1.21 bits per heavy atom. The molecule has 0 amide bonds. The van der Waals surface area contributed by atoms with E-state index in [1.54, 1.807) is 7.11 Å². The van der Waals surface area contributed by atoms with E-state index in [-0.39, 0.29) is 0 Å². The largest absolute Gasteiger partial charge is 0.497 e. The number of piperidine rings is 1. The molecular formula is C22H34N4O2. The summed E-state index contributed by atoms with van der Waals surface area (Å²) in [6.45, 7) is 3.16. The molecule has 3 aliphatic rings. The average molecular weight is 387 g/mol. The standard InChI is InChI=1S/C22H34N4O2/c1-23-22(25-19-14-18-10-11-21(19)28-18)24-15-20(26-12-4-3-5-13-26)16-6-8-17(27-2)9-7-16/h6-9,18-21H,3-5,10-15H2,1-2H3,(H2,23,24,25). The third-order valence-corrected chi connectivity index (χ3v) is 6.45. The van der Waals surface area contributed by atoms with Crippen LogP contribution in [-0.4, -0.2) is 62.9 Å². The number of hydrogen-bond donors (Lipinski definition) is 2. The molecule has 4 unspecified atom stereocenters. The number of likely N-dealkylation sites (tertiary alicyclic amines) is 1. The Morgan fingerprint density at radius 3 is 2.61 bits per heavy atom. The van der Waals surface area contributed by atoms with Crippen LogP contribution in [0.3, 0.4) is 0 Å². The molecule has 0 aliphatic carbocycles. The summed E-state index contributed by atoms with van der Waals surface area (Å²) in [7, 11) is 3.57. The number of rotatable bonds is 6. The molecule has 0 radical (unpaired) electrons. The predicted octanol–water partition coefficient (Wildman–Crippen LogP) is 2.71. The van der Waals surface area contributed by atoms with Gasteiger partial charge in [-0.05, 0) is 62.9 Å². The lowest BCUT2D eigenvalue weighted by Crippen LogP contribution is -2.49. The molecule has 2 N–H and O–H groups in total. The van der Waals surface area contributed by atoms with E-state index in [0.29, 0.717) is 24.3 Å². The van der Waals surface area contributed by atoms with Gasteiger partial charge in [-0.15, -0.1) is 0 Å². The summed E-state index contributed by atoms with van der Waals surface area (Å²) < 4.78 is 11.3. The molecule has 6 heteroatoms. The van der Waals surface area contributed by atoms with Gasteiger partial charge >= 0.3 is 0 Å². The quantitative estimate of drug-likeness (QED) is 0.582. The molecule has 28 heavy (non-hydrogen) atoms. The van der Waals surface area contributed by atoms with Gasteiger partial charge < -0.3 is 20.1 Å². The van der Waals surface area contributed by atoms with Gasteiger partial charge in [0.2, 0.25) is 0 Å². The van der Waals surface area contributed by atoms with Crippen molar-refractivity contribution >= 4 is 5.96 Å². The molecule has 3 heterocycles. The molecule has 154 valence electrons. The molecule has 3 fully saturated rings. The maximum absolute atomic E-state index is 5.98. The number of nitrogens with zero attached hydrogens (tertiary/aromatic N) is 2. The maximum Gasteiger partial charge on any atom is 0.191 e. The van der Waals surface area contributed by atoms with Gasteiger partial charge in [0.05, 0.1) is 31.4 Å². The first-order valence-electron chi connectivity index (χ1n) is 10.8. The van der Waals surface area contributed by atoms with Crippen molar-refractivity contribution in [1.82, 2.24) is 15.5 Å². The van der Waals surface area contributed by atoms with E-state index in [2.05, 4.69) is 44.8 Å². The van der Waals surface area contributed by atoms with Gasteiger partial charge in [-0.3, -0.25) is 9.89 Å². The van der Waals surface area contributed by atoms with Crippen molar-refractivity contribution in [3.05, 3.63) is 29.8 Å². The van der Waals surface area contributed by atoms with E-state index in [0.717, 1.165) is 37.8 Å². The lowest BCUT2D eigenvalue weighted by atomic mass is 9.96. The highest BCUT2D eigenvalue weighted by Crippen LogP contribution is 2.34. The number of benzene rings is 1. The van der Waals surface area contributed by atoms with Gasteiger partial charge in [0.15, 0.2) is 5.96 Å². The fourth-order valence-electron chi connectivity index (χ4n) is 4.87. The first kappa shape index (κ1) is 19.5. The van der Waals surface area contributed by atoms with Crippen LogP contribution < -0.4 is 15.4 Å². The lowest BCUT2D eigenvalue weighted by Gasteiger charge is -2.35. The first-order chi connectivity index (χ1) is 13.8. The summed E-state index contributed by atoms with van der Waals surface area (Å²) in [4.78, 5) is 7.08. The average Bonchev–Trinajstić information content (AvgIpc) is 3.37. The zero-order chi connectivity index (χ0) is 19.3. The minimum Gasteiger partial charge on any atom is -0.497 e. The molecule has 1 aromatic rings. The molecule has 2 bridgehead atoms. The normalized spacial score (nSPS) is 28.9. The van der Waals surface area contributed by atoms with Crippen LogP contribution in [0, 0.1) is 0 Å². The van der Waals surface area contributed by atoms with Crippen molar-refractivity contribution < 1.29 is 9.47 Å². The van der Waals surface area contributed by atoms with Crippen LogP contribution in [-0.2, 0) is 4.74 Å². The molecule has 6 nitrogen and oxygen atoms in total. The number of hydrogen-bond acceptors (Lipinski definition) is 4. The second-order valence-electron chi connectivity index (χ2n) is 8.20. The topological polar surface area (TPSA) is 58.1 Å². The third kappa shape index (κ3) is 4.44. The molecule has 4 atom stereocenters. The van der Waals surface area contributed by atoms with Crippen molar-refractivity contribution in [3.8, 4) is 5.75 Å². The molecule has 0 aromatic heterocycles.